The minimum absolute atomic E-state index is 0.00891. The molecule has 0 radical (unpaired) electrons. The smallest absolute Gasteiger partial charge is 0.408 e. The maximum atomic E-state index is 14.9. The van der Waals surface area contributed by atoms with Gasteiger partial charge in [-0.2, -0.15) is 13.2 Å². The lowest BCUT2D eigenvalue weighted by molar-refractivity contribution is -0.143. The summed E-state index contributed by atoms with van der Waals surface area (Å²) in [5, 5.41) is 14.4. The summed E-state index contributed by atoms with van der Waals surface area (Å²) in [4.78, 5) is 58.7. The van der Waals surface area contributed by atoms with Crippen LogP contribution in [0.15, 0.2) is 58.5 Å². The zero-order valence-corrected chi connectivity index (χ0v) is 23.1. The number of alkyl halides is 3. The molecule has 3 N–H and O–H groups in total. The van der Waals surface area contributed by atoms with Gasteiger partial charge in [0.2, 0.25) is 0 Å². The third-order valence-corrected chi connectivity index (χ3v) is 6.81. The highest BCUT2D eigenvalue weighted by atomic mass is 19.4. The lowest BCUT2D eigenvalue weighted by atomic mass is 10.0. The van der Waals surface area contributed by atoms with Crippen LogP contribution >= 0.6 is 0 Å². The maximum Gasteiger partial charge on any atom is 0.408 e. The molecule has 43 heavy (non-hydrogen) atoms. The van der Waals surface area contributed by atoms with Crippen LogP contribution in [0.25, 0.3) is 16.7 Å². The number of carbonyl (C=O) groups excluding carboxylic acids is 1. The van der Waals surface area contributed by atoms with Crippen molar-refractivity contribution in [3.63, 3.8) is 0 Å². The number of anilines is 1. The first-order valence-corrected chi connectivity index (χ1v) is 12.9. The van der Waals surface area contributed by atoms with Gasteiger partial charge in [-0.15, -0.1) is 0 Å². The Hall–Kier alpha value is -5.08. The number of halogens is 4. The average molecular weight is 603 g/mol. The van der Waals surface area contributed by atoms with Crippen molar-refractivity contribution in [2.45, 2.75) is 44.9 Å². The molecule has 0 aliphatic rings. The number of aromatic nitrogens is 4. The third kappa shape index (κ3) is 6.39. The van der Waals surface area contributed by atoms with E-state index in [4.69, 9.17) is 0 Å². The summed E-state index contributed by atoms with van der Waals surface area (Å²) in [6, 6.07) is 2.65. The number of aliphatic carboxylic acids is 1. The summed E-state index contributed by atoms with van der Waals surface area (Å²) < 4.78 is 56.3. The molecule has 15 heteroatoms. The summed E-state index contributed by atoms with van der Waals surface area (Å²) in [7, 11) is 1.47. The predicted molar refractivity (Wildman–Crippen MR) is 148 cm³/mol. The molecule has 0 aliphatic carbocycles. The summed E-state index contributed by atoms with van der Waals surface area (Å²) >= 11 is 0. The van der Waals surface area contributed by atoms with E-state index in [0.29, 0.717) is 11.1 Å². The summed E-state index contributed by atoms with van der Waals surface area (Å²) in [6.45, 7) is 2.62. The molecule has 3 aromatic heterocycles. The van der Waals surface area contributed by atoms with Crippen LogP contribution in [-0.4, -0.2) is 54.3 Å². The molecule has 0 unspecified atom stereocenters. The van der Waals surface area contributed by atoms with Crippen molar-refractivity contribution in [2.24, 2.45) is 7.05 Å². The fraction of sp³-hybridized carbons (Fsp3) is 0.286. The van der Waals surface area contributed by atoms with Crippen molar-refractivity contribution in [3.8, 4) is 5.82 Å². The van der Waals surface area contributed by atoms with Gasteiger partial charge in [0, 0.05) is 31.5 Å². The van der Waals surface area contributed by atoms with Gasteiger partial charge in [0.1, 0.15) is 23.7 Å². The first-order chi connectivity index (χ1) is 20.2. The summed E-state index contributed by atoms with van der Waals surface area (Å²) in [5.41, 5.74) is -1.39. The van der Waals surface area contributed by atoms with E-state index in [-0.39, 0.29) is 35.3 Å². The molecule has 11 nitrogen and oxygen atoms in total. The number of fused-ring (bicyclic) bond motifs is 1. The predicted octanol–water partition coefficient (Wildman–Crippen LogP) is 3.11. The zero-order valence-electron chi connectivity index (χ0n) is 23.1. The SMILES string of the molecule is CC[C@@H](Nc1cc(C)c(C(=O)N[C@@H](Cc2ccc(-n3c(=O)c4ccncc4n(C)c3=O)nc2)C(=O)O)c(F)c1)C(F)(F)F. The molecule has 1 aromatic carbocycles. The molecule has 3 heterocycles. The molecule has 2 atom stereocenters. The zero-order chi connectivity index (χ0) is 31.6. The maximum absolute atomic E-state index is 14.9. The van der Waals surface area contributed by atoms with Crippen LogP contribution in [0, 0.1) is 12.7 Å². The molecular weight excluding hydrogens is 576 g/mol. The molecule has 0 aliphatic heterocycles. The van der Waals surface area contributed by atoms with Crippen LogP contribution in [0.5, 0.6) is 0 Å². The number of carboxylic acid groups (broad SMARTS) is 1. The first-order valence-electron chi connectivity index (χ1n) is 12.9. The molecule has 0 spiro atoms. The molecular formula is C28H26F4N6O5. The van der Waals surface area contributed by atoms with Crippen LogP contribution in [0.2, 0.25) is 0 Å². The van der Waals surface area contributed by atoms with Crippen LogP contribution in [-0.2, 0) is 18.3 Å². The van der Waals surface area contributed by atoms with Gasteiger partial charge in [-0.25, -0.2) is 23.5 Å². The van der Waals surface area contributed by atoms with Gasteiger partial charge in [-0.1, -0.05) is 13.0 Å². The van der Waals surface area contributed by atoms with E-state index in [1.54, 1.807) is 0 Å². The molecule has 226 valence electrons. The highest BCUT2D eigenvalue weighted by Crippen LogP contribution is 2.28. The van der Waals surface area contributed by atoms with Crippen molar-refractivity contribution in [1.29, 1.82) is 0 Å². The number of nitrogens with one attached hydrogen (secondary N) is 2. The molecule has 0 saturated heterocycles. The third-order valence-electron chi connectivity index (χ3n) is 6.81. The molecule has 4 aromatic rings. The molecule has 1 amide bonds. The number of nitrogens with zero attached hydrogens (tertiary/aromatic N) is 4. The molecule has 0 saturated carbocycles. The highest BCUT2D eigenvalue weighted by Gasteiger charge is 2.38. The second-order valence-electron chi connectivity index (χ2n) is 9.76. The number of amides is 1. The van der Waals surface area contributed by atoms with Crippen LogP contribution in [0.3, 0.4) is 0 Å². The van der Waals surface area contributed by atoms with E-state index in [1.807, 2.05) is 0 Å². The number of hydrogen-bond acceptors (Lipinski definition) is 7. The number of carbonyl (C=O) groups is 2. The van der Waals surface area contributed by atoms with E-state index >= 15 is 0 Å². The van der Waals surface area contributed by atoms with Crippen molar-refractivity contribution >= 4 is 28.5 Å². The fourth-order valence-electron chi connectivity index (χ4n) is 4.56. The largest absolute Gasteiger partial charge is 0.480 e. The Kier molecular flexibility index (Phi) is 8.64. The lowest BCUT2D eigenvalue weighted by Gasteiger charge is -2.22. The quantitative estimate of drug-likeness (QED) is 0.248. The van der Waals surface area contributed by atoms with Gasteiger partial charge >= 0.3 is 17.8 Å². The normalized spacial score (nSPS) is 13.0. The van der Waals surface area contributed by atoms with Gasteiger partial charge < -0.3 is 15.7 Å². The fourth-order valence-corrected chi connectivity index (χ4v) is 4.56. The summed E-state index contributed by atoms with van der Waals surface area (Å²) in [6.07, 6.45) is -1.16. The van der Waals surface area contributed by atoms with Crippen molar-refractivity contribution in [2.75, 3.05) is 5.32 Å². The Balaban J connectivity index is 1.54. The Morgan fingerprint density at radius 2 is 1.84 bits per heavy atom. The Labute approximate surface area is 240 Å². The second kappa shape index (κ2) is 12.0. The van der Waals surface area contributed by atoms with Gasteiger partial charge in [0.05, 0.1) is 22.7 Å². The van der Waals surface area contributed by atoms with E-state index < -0.39 is 52.8 Å². The topological polar surface area (TPSA) is 148 Å². The minimum Gasteiger partial charge on any atom is -0.480 e. The number of carboxylic acids is 1. The Morgan fingerprint density at radius 1 is 1.12 bits per heavy atom. The Bertz CT molecular complexity index is 1800. The van der Waals surface area contributed by atoms with E-state index in [1.165, 1.54) is 68.3 Å². The highest BCUT2D eigenvalue weighted by molar-refractivity contribution is 5.98. The molecule has 4 rings (SSSR count). The lowest BCUT2D eigenvalue weighted by Crippen LogP contribution is -2.43. The van der Waals surface area contributed by atoms with Gasteiger partial charge in [0.25, 0.3) is 11.5 Å². The van der Waals surface area contributed by atoms with Crippen LogP contribution < -0.4 is 21.9 Å². The number of benzene rings is 1. The number of hydrogen-bond donors (Lipinski definition) is 3. The van der Waals surface area contributed by atoms with Crippen molar-refractivity contribution in [1.82, 2.24) is 24.4 Å². The van der Waals surface area contributed by atoms with Gasteiger partial charge in [-0.3, -0.25) is 19.1 Å². The van der Waals surface area contributed by atoms with E-state index in [9.17, 15) is 41.8 Å². The van der Waals surface area contributed by atoms with Gasteiger partial charge in [0.15, 0.2) is 0 Å². The second-order valence-corrected chi connectivity index (χ2v) is 9.76. The Morgan fingerprint density at radius 3 is 2.42 bits per heavy atom. The first kappa shape index (κ1) is 30.9. The van der Waals surface area contributed by atoms with Crippen molar-refractivity contribution in [3.05, 3.63) is 92.3 Å². The van der Waals surface area contributed by atoms with E-state index in [2.05, 4.69) is 20.6 Å². The molecule has 0 fully saturated rings. The number of pyridine rings is 2. The van der Waals surface area contributed by atoms with Crippen molar-refractivity contribution < 1.29 is 32.3 Å². The number of rotatable bonds is 9. The minimum atomic E-state index is -4.57. The van der Waals surface area contributed by atoms with E-state index in [0.717, 1.165) is 10.6 Å². The number of aryl methyl sites for hydroxylation is 2. The van der Waals surface area contributed by atoms with Crippen LogP contribution in [0.1, 0.15) is 34.8 Å². The monoisotopic (exact) mass is 602 g/mol. The summed E-state index contributed by atoms with van der Waals surface area (Å²) in [5.74, 6) is -3.68. The van der Waals surface area contributed by atoms with Gasteiger partial charge in [-0.05, 0) is 48.7 Å². The standard InChI is InChI=1S/C28H26F4N6O5/c1-4-21(28(30,31)32)35-16-9-14(2)23(18(29)11-16)24(39)36-19(26(41)42)10-15-5-6-22(34-12-15)38-25(40)17-7-8-33-13-20(17)37(3)27(38)43/h5-9,11-13,19,21,35H,4,10H2,1-3H3,(H,36,39)(H,41,42)/t19-,21+/m0/s1. The average Bonchev–Trinajstić information content (AvgIpc) is 2.94. The molecule has 0 bridgehead atoms. The van der Waals surface area contributed by atoms with Crippen LogP contribution in [0.4, 0.5) is 23.2 Å².